The molecule has 1 N–H and O–H groups in total. The van der Waals surface area contributed by atoms with Crippen molar-refractivity contribution < 1.29 is 5.11 Å². The Labute approximate surface area is 106 Å². The summed E-state index contributed by atoms with van der Waals surface area (Å²) in [5.74, 6) is 0.832. The monoisotopic (exact) mass is 240 g/mol. The molecule has 0 bridgehead atoms. The van der Waals surface area contributed by atoms with Gasteiger partial charge in [-0.2, -0.15) is 0 Å². The number of aliphatic hydroxyl groups is 1. The van der Waals surface area contributed by atoms with Crippen molar-refractivity contribution in [2.45, 2.75) is 57.7 Å². The quantitative estimate of drug-likeness (QED) is 0.793. The molecular weight excluding hydrogens is 212 g/mol. The number of hydrogen-bond acceptors (Lipinski definition) is 3. The molecule has 2 rings (SSSR count). The molecule has 0 aromatic rings. The average Bonchev–Trinajstić information content (AvgIpc) is 2.33. The Hall–Kier alpha value is -0.120. The molecule has 4 atom stereocenters. The maximum atomic E-state index is 10.2. The van der Waals surface area contributed by atoms with E-state index in [0.29, 0.717) is 12.1 Å². The molecule has 1 saturated carbocycles. The summed E-state index contributed by atoms with van der Waals surface area (Å²) in [5.41, 5.74) is 0. The second-order valence-corrected chi connectivity index (χ2v) is 6.05. The Morgan fingerprint density at radius 3 is 2.65 bits per heavy atom. The summed E-state index contributed by atoms with van der Waals surface area (Å²) in [5, 5.41) is 10.2. The summed E-state index contributed by atoms with van der Waals surface area (Å²) in [7, 11) is 2.20. The molecule has 0 aromatic heterocycles. The van der Waals surface area contributed by atoms with Crippen molar-refractivity contribution in [2.75, 3.05) is 26.7 Å². The van der Waals surface area contributed by atoms with Crippen LogP contribution in [0.15, 0.2) is 0 Å². The van der Waals surface area contributed by atoms with Gasteiger partial charge >= 0.3 is 0 Å². The lowest BCUT2D eigenvalue weighted by Crippen LogP contribution is -2.57. The number of likely N-dealkylation sites (N-methyl/N-ethyl adjacent to an activating group) is 1. The average molecular weight is 240 g/mol. The Kier molecular flexibility index (Phi) is 4.45. The first-order chi connectivity index (χ1) is 8.11. The van der Waals surface area contributed by atoms with Gasteiger partial charge in [0.1, 0.15) is 0 Å². The van der Waals surface area contributed by atoms with E-state index in [2.05, 4.69) is 30.7 Å². The zero-order chi connectivity index (χ0) is 12.4. The van der Waals surface area contributed by atoms with E-state index in [9.17, 15) is 5.11 Å². The Morgan fingerprint density at radius 2 is 2.00 bits per heavy atom. The molecule has 0 spiro atoms. The smallest absolute Gasteiger partial charge is 0.0695 e. The largest absolute Gasteiger partial charge is 0.391 e. The number of rotatable bonds is 2. The third-order valence-corrected chi connectivity index (χ3v) is 4.93. The molecule has 1 heterocycles. The van der Waals surface area contributed by atoms with E-state index in [1.165, 1.54) is 19.3 Å². The van der Waals surface area contributed by atoms with Crippen molar-refractivity contribution in [3.8, 4) is 0 Å². The van der Waals surface area contributed by atoms with Crippen molar-refractivity contribution in [2.24, 2.45) is 5.92 Å². The lowest BCUT2D eigenvalue weighted by molar-refractivity contribution is -0.0261. The van der Waals surface area contributed by atoms with Gasteiger partial charge in [0.25, 0.3) is 0 Å². The summed E-state index contributed by atoms with van der Waals surface area (Å²) >= 11 is 0. The van der Waals surface area contributed by atoms with Crippen molar-refractivity contribution in [3.05, 3.63) is 0 Å². The molecule has 0 radical (unpaired) electrons. The first-order valence-corrected chi connectivity index (χ1v) is 7.24. The maximum Gasteiger partial charge on any atom is 0.0695 e. The van der Waals surface area contributed by atoms with Crippen LogP contribution >= 0.6 is 0 Å². The molecule has 2 aliphatic rings. The zero-order valence-corrected chi connectivity index (χ0v) is 11.6. The van der Waals surface area contributed by atoms with Gasteiger partial charge in [-0.05, 0) is 39.2 Å². The van der Waals surface area contributed by atoms with Gasteiger partial charge in [-0.25, -0.2) is 0 Å². The molecule has 3 heteroatoms. The lowest BCUT2D eigenvalue weighted by atomic mass is 9.81. The molecule has 1 saturated heterocycles. The number of hydrogen-bond donors (Lipinski definition) is 1. The Morgan fingerprint density at radius 1 is 1.24 bits per heavy atom. The molecular formula is C14H28N2O. The molecule has 100 valence electrons. The van der Waals surface area contributed by atoms with Crippen molar-refractivity contribution in [1.29, 1.82) is 0 Å². The van der Waals surface area contributed by atoms with E-state index >= 15 is 0 Å². The summed E-state index contributed by atoms with van der Waals surface area (Å²) in [6.07, 6.45) is 4.61. The summed E-state index contributed by atoms with van der Waals surface area (Å²) in [6, 6.07) is 1.04. The van der Waals surface area contributed by atoms with Crippen LogP contribution in [-0.2, 0) is 0 Å². The minimum Gasteiger partial charge on any atom is -0.391 e. The topological polar surface area (TPSA) is 26.7 Å². The van der Waals surface area contributed by atoms with E-state index in [4.69, 9.17) is 0 Å². The normalized spacial score (nSPS) is 41.6. The molecule has 0 aromatic carbocycles. The second kappa shape index (κ2) is 5.68. The van der Waals surface area contributed by atoms with Gasteiger partial charge in [0.15, 0.2) is 0 Å². The highest BCUT2D eigenvalue weighted by atomic mass is 16.3. The van der Waals surface area contributed by atoms with E-state index in [1.807, 2.05) is 0 Å². The fourth-order valence-electron chi connectivity index (χ4n) is 3.36. The van der Waals surface area contributed by atoms with Gasteiger partial charge in [-0.3, -0.25) is 4.90 Å². The minimum absolute atomic E-state index is 0.0894. The number of aliphatic hydroxyl groups excluding tert-OH is 1. The fourth-order valence-corrected chi connectivity index (χ4v) is 3.36. The van der Waals surface area contributed by atoms with Gasteiger partial charge in [-0.1, -0.05) is 13.3 Å². The van der Waals surface area contributed by atoms with Crippen LogP contribution in [0.25, 0.3) is 0 Å². The number of piperazine rings is 1. The predicted octanol–water partition coefficient (Wildman–Crippen LogP) is 1.56. The molecule has 3 nitrogen and oxygen atoms in total. The Balaban J connectivity index is 1.95. The highest BCUT2D eigenvalue weighted by Crippen LogP contribution is 2.31. The molecule has 1 aliphatic heterocycles. The highest BCUT2D eigenvalue weighted by molar-refractivity contribution is 4.90. The number of nitrogens with zero attached hydrogens (tertiary/aromatic N) is 2. The molecule has 1 aliphatic carbocycles. The van der Waals surface area contributed by atoms with Crippen LogP contribution in [-0.4, -0.2) is 59.8 Å². The first-order valence-electron chi connectivity index (χ1n) is 7.24. The van der Waals surface area contributed by atoms with Crippen LogP contribution in [0.3, 0.4) is 0 Å². The van der Waals surface area contributed by atoms with E-state index < -0.39 is 0 Å². The summed E-state index contributed by atoms with van der Waals surface area (Å²) in [4.78, 5) is 4.96. The van der Waals surface area contributed by atoms with Gasteiger partial charge in [0.05, 0.1) is 6.10 Å². The zero-order valence-electron chi connectivity index (χ0n) is 11.6. The van der Waals surface area contributed by atoms with Crippen LogP contribution in [0.4, 0.5) is 0 Å². The van der Waals surface area contributed by atoms with Crippen molar-refractivity contribution in [3.63, 3.8) is 0 Å². The van der Waals surface area contributed by atoms with Gasteiger partial charge in [-0.15, -0.1) is 0 Å². The first kappa shape index (κ1) is 13.3. The van der Waals surface area contributed by atoms with Gasteiger partial charge < -0.3 is 10.0 Å². The van der Waals surface area contributed by atoms with Gasteiger partial charge in [0, 0.05) is 31.7 Å². The van der Waals surface area contributed by atoms with Crippen LogP contribution in [0, 0.1) is 5.92 Å². The molecule has 4 unspecified atom stereocenters. The van der Waals surface area contributed by atoms with Crippen LogP contribution in [0.1, 0.15) is 39.5 Å². The minimum atomic E-state index is -0.0894. The van der Waals surface area contributed by atoms with Crippen LogP contribution in [0.5, 0.6) is 0 Å². The van der Waals surface area contributed by atoms with E-state index in [-0.39, 0.29) is 6.10 Å². The molecule has 0 amide bonds. The predicted molar refractivity (Wildman–Crippen MR) is 71.1 cm³/mol. The van der Waals surface area contributed by atoms with Gasteiger partial charge in [0.2, 0.25) is 0 Å². The summed E-state index contributed by atoms with van der Waals surface area (Å²) < 4.78 is 0. The third-order valence-electron chi connectivity index (χ3n) is 4.93. The fraction of sp³-hybridized carbons (Fsp3) is 1.00. The van der Waals surface area contributed by atoms with E-state index in [0.717, 1.165) is 32.0 Å². The second-order valence-electron chi connectivity index (χ2n) is 6.05. The van der Waals surface area contributed by atoms with E-state index in [1.54, 1.807) is 0 Å². The standard InChI is InChI=1S/C14H28N2O/c1-4-12-5-6-14(17)13(9-12)16-8-7-15(3)11(2)10-16/h11-14,17H,4-10H2,1-3H3. The van der Waals surface area contributed by atoms with Crippen molar-refractivity contribution in [1.82, 2.24) is 9.80 Å². The van der Waals surface area contributed by atoms with Crippen molar-refractivity contribution >= 4 is 0 Å². The SMILES string of the molecule is CCC1CCC(O)C(N2CCN(C)C(C)C2)C1. The molecule has 17 heavy (non-hydrogen) atoms. The lowest BCUT2D eigenvalue weighted by Gasteiger charge is -2.46. The van der Waals surface area contributed by atoms with Crippen LogP contribution in [0.2, 0.25) is 0 Å². The summed E-state index contributed by atoms with van der Waals surface area (Å²) in [6.45, 7) is 7.96. The maximum absolute atomic E-state index is 10.2. The Bertz CT molecular complexity index is 246. The highest BCUT2D eigenvalue weighted by Gasteiger charge is 2.35. The van der Waals surface area contributed by atoms with Crippen LogP contribution < -0.4 is 0 Å². The third kappa shape index (κ3) is 3.01. The molecule has 2 fully saturated rings.